The molecule has 0 spiro atoms. The lowest BCUT2D eigenvalue weighted by Crippen LogP contribution is -2.36. The minimum atomic E-state index is -3.84. The van der Waals surface area contributed by atoms with E-state index >= 15 is 0 Å². The van der Waals surface area contributed by atoms with Crippen molar-refractivity contribution in [2.24, 2.45) is 0 Å². The Morgan fingerprint density at radius 1 is 1.29 bits per heavy atom. The largest absolute Gasteiger partial charge is 0.315 e. The Labute approximate surface area is 135 Å². The molecule has 1 unspecified atom stereocenters. The van der Waals surface area contributed by atoms with Crippen molar-refractivity contribution in [1.82, 2.24) is 10.0 Å². The summed E-state index contributed by atoms with van der Waals surface area (Å²) in [6.45, 7) is 1.28. The molecule has 120 valence electrons. The third kappa shape index (κ3) is 4.54. The summed E-state index contributed by atoms with van der Waals surface area (Å²) in [5, 5.41) is 3.04. The van der Waals surface area contributed by atoms with Gasteiger partial charge in [-0.3, -0.25) is 0 Å². The number of sulfone groups is 1. The molecule has 0 aliphatic carbocycles. The van der Waals surface area contributed by atoms with Crippen molar-refractivity contribution < 1.29 is 16.8 Å². The maximum Gasteiger partial charge on any atom is 0.242 e. The first-order valence-corrected chi connectivity index (χ1v) is 9.68. The highest BCUT2D eigenvalue weighted by atomic mass is 35.5. The van der Waals surface area contributed by atoms with Crippen LogP contribution in [0.15, 0.2) is 28.0 Å². The summed E-state index contributed by atoms with van der Waals surface area (Å²) in [5.74, 6) is 0. The van der Waals surface area contributed by atoms with Gasteiger partial charge in [-0.15, -0.1) is 12.4 Å². The smallest absolute Gasteiger partial charge is 0.242 e. The fourth-order valence-electron chi connectivity index (χ4n) is 1.96. The van der Waals surface area contributed by atoms with Crippen LogP contribution < -0.4 is 10.0 Å². The number of sulfonamides is 1. The van der Waals surface area contributed by atoms with Gasteiger partial charge >= 0.3 is 0 Å². The van der Waals surface area contributed by atoms with Crippen LogP contribution in [0.5, 0.6) is 0 Å². The molecule has 1 aromatic carbocycles. The number of hydrogen-bond acceptors (Lipinski definition) is 5. The number of rotatable bonds is 4. The Hall–Kier alpha value is -0.380. The molecule has 1 fully saturated rings. The van der Waals surface area contributed by atoms with Gasteiger partial charge in [0.05, 0.1) is 9.92 Å². The Morgan fingerprint density at radius 2 is 1.95 bits per heavy atom. The molecule has 2 rings (SSSR count). The van der Waals surface area contributed by atoms with E-state index in [1.54, 1.807) is 0 Å². The van der Waals surface area contributed by atoms with E-state index in [9.17, 15) is 16.8 Å². The predicted octanol–water partition coefficient (Wildman–Crippen LogP) is 0.806. The summed E-state index contributed by atoms with van der Waals surface area (Å²) in [5.41, 5.74) is 0. The molecule has 1 saturated heterocycles. The summed E-state index contributed by atoms with van der Waals surface area (Å²) in [7, 11) is -7.34. The highest BCUT2D eigenvalue weighted by Crippen LogP contribution is 2.25. The Morgan fingerprint density at radius 3 is 2.48 bits per heavy atom. The summed E-state index contributed by atoms with van der Waals surface area (Å²) in [6.07, 6.45) is 1.70. The van der Waals surface area contributed by atoms with E-state index in [4.69, 9.17) is 11.6 Å². The van der Waals surface area contributed by atoms with Crippen LogP contribution in [-0.4, -0.2) is 42.2 Å². The Kier molecular flexibility index (Phi) is 6.05. The maximum atomic E-state index is 12.3. The standard InChI is InChI=1S/C11H15ClN2O4S2.ClH/c1-19(15,16)9-2-3-10(12)11(6-9)20(17,18)14-8-4-5-13-7-8;/h2-3,6,8,13-14H,4-5,7H2,1H3;1H. The number of nitrogens with one attached hydrogen (secondary N) is 2. The molecule has 0 amide bonds. The van der Waals surface area contributed by atoms with Crippen LogP contribution >= 0.6 is 24.0 Å². The average Bonchev–Trinajstić information content (AvgIpc) is 2.79. The van der Waals surface area contributed by atoms with E-state index in [1.165, 1.54) is 12.1 Å². The third-order valence-corrected chi connectivity index (χ3v) is 6.11. The van der Waals surface area contributed by atoms with Gasteiger partial charge < -0.3 is 5.32 Å². The summed E-state index contributed by atoms with van der Waals surface area (Å²) >= 11 is 5.89. The van der Waals surface area contributed by atoms with E-state index in [-0.39, 0.29) is 33.3 Å². The van der Waals surface area contributed by atoms with Crippen LogP contribution in [0.3, 0.4) is 0 Å². The summed E-state index contributed by atoms with van der Waals surface area (Å²) < 4.78 is 50.1. The second-order valence-electron chi connectivity index (χ2n) is 4.68. The first-order chi connectivity index (χ1) is 9.20. The molecule has 1 aromatic rings. The molecule has 0 bridgehead atoms. The highest BCUT2D eigenvalue weighted by Gasteiger charge is 2.25. The van der Waals surface area contributed by atoms with Crippen molar-refractivity contribution in [2.45, 2.75) is 22.3 Å². The topological polar surface area (TPSA) is 92.3 Å². The second-order valence-corrected chi connectivity index (χ2v) is 8.78. The number of benzene rings is 1. The monoisotopic (exact) mass is 374 g/mol. The van der Waals surface area contributed by atoms with Crippen LogP contribution in [0.25, 0.3) is 0 Å². The van der Waals surface area contributed by atoms with Crippen LogP contribution in [0, 0.1) is 0 Å². The van der Waals surface area contributed by atoms with Gasteiger partial charge in [-0.05, 0) is 31.2 Å². The van der Waals surface area contributed by atoms with E-state index in [1.807, 2.05) is 0 Å². The number of hydrogen-bond donors (Lipinski definition) is 2. The third-order valence-electron chi connectivity index (χ3n) is 3.00. The zero-order valence-corrected chi connectivity index (χ0v) is 14.4. The van der Waals surface area contributed by atoms with Crippen molar-refractivity contribution in [3.05, 3.63) is 23.2 Å². The van der Waals surface area contributed by atoms with E-state index in [0.717, 1.165) is 18.9 Å². The first kappa shape index (κ1) is 18.7. The molecule has 1 aliphatic rings. The molecule has 1 aliphatic heterocycles. The zero-order valence-electron chi connectivity index (χ0n) is 11.2. The predicted molar refractivity (Wildman–Crippen MR) is 83.4 cm³/mol. The fourth-order valence-corrected chi connectivity index (χ4v) is 4.48. The minimum Gasteiger partial charge on any atom is -0.315 e. The van der Waals surface area contributed by atoms with Gasteiger partial charge in [0, 0.05) is 18.8 Å². The molecular weight excluding hydrogens is 359 g/mol. The van der Waals surface area contributed by atoms with E-state index in [0.29, 0.717) is 13.0 Å². The van der Waals surface area contributed by atoms with Gasteiger partial charge in [0.2, 0.25) is 10.0 Å². The van der Waals surface area contributed by atoms with Gasteiger partial charge in [-0.25, -0.2) is 21.6 Å². The molecule has 0 radical (unpaired) electrons. The molecule has 1 atom stereocenters. The summed E-state index contributed by atoms with van der Waals surface area (Å²) in [4.78, 5) is -0.291. The van der Waals surface area contributed by atoms with Crippen LogP contribution in [0.2, 0.25) is 5.02 Å². The van der Waals surface area contributed by atoms with Gasteiger partial charge in [0.15, 0.2) is 9.84 Å². The van der Waals surface area contributed by atoms with Crippen molar-refractivity contribution in [1.29, 1.82) is 0 Å². The molecular formula is C11H16Cl2N2O4S2. The van der Waals surface area contributed by atoms with E-state index < -0.39 is 19.9 Å². The summed E-state index contributed by atoms with van der Waals surface area (Å²) in [6, 6.07) is 3.44. The first-order valence-electron chi connectivity index (χ1n) is 5.93. The van der Waals surface area contributed by atoms with Crippen molar-refractivity contribution >= 4 is 43.9 Å². The van der Waals surface area contributed by atoms with Gasteiger partial charge in [-0.2, -0.15) is 0 Å². The van der Waals surface area contributed by atoms with Gasteiger partial charge in [0.25, 0.3) is 0 Å². The molecule has 0 aromatic heterocycles. The van der Waals surface area contributed by atoms with Crippen molar-refractivity contribution in [3.63, 3.8) is 0 Å². The van der Waals surface area contributed by atoms with Crippen molar-refractivity contribution in [3.8, 4) is 0 Å². The normalized spacial score (nSPS) is 19.2. The Balaban J connectivity index is 0.00000220. The zero-order chi connectivity index (χ0) is 15.0. The molecule has 1 heterocycles. The van der Waals surface area contributed by atoms with Crippen LogP contribution in [-0.2, 0) is 19.9 Å². The van der Waals surface area contributed by atoms with Crippen molar-refractivity contribution in [2.75, 3.05) is 19.3 Å². The van der Waals surface area contributed by atoms with E-state index in [2.05, 4.69) is 10.0 Å². The maximum absolute atomic E-state index is 12.3. The Bertz CT molecular complexity index is 714. The SMILES string of the molecule is CS(=O)(=O)c1ccc(Cl)c(S(=O)(=O)NC2CCNC2)c1.Cl. The molecule has 21 heavy (non-hydrogen) atoms. The lowest BCUT2D eigenvalue weighted by Gasteiger charge is -2.13. The quantitative estimate of drug-likeness (QED) is 0.813. The molecule has 6 nitrogen and oxygen atoms in total. The van der Waals surface area contributed by atoms with Gasteiger partial charge in [-0.1, -0.05) is 11.6 Å². The molecule has 10 heteroatoms. The number of halogens is 2. The lowest BCUT2D eigenvalue weighted by molar-refractivity contribution is 0.560. The minimum absolute atomic E-state index is 0. The highest BCUT2D eigenvalue weighted by molar-refractivity contribution is 7.91. The second kappa shape index (κ2) is 6.80. The molecule has 0 saturated carbocycles. The fraction of sp³-hybridized carbons (Fsp3) is 0.455. The molecule has 2 N–H and O–H groups in total. The van der Waals surface area contributed by atoms with Crippen LogP contribution in [0.4, 0.5) is 0 Å². The van der Waals surface area contributed by atoms with Gasteiger partial charge in [0.1, 0.15) is 4.90 Å². The van der Waals surface area contributed by atoms with Crippen LogP contribution in [0.1, 0.15) is 6.42 Å². The lowest BCUT2D eigenvalue weighted by atomic mass is 10.3. The average molecular weight is 375 g/mol.